The number of benzene rings is 1. The van der Waals surface area contributed by atoms with Crippen LogP contribution >= 0.6 is 0 Å². The first kappa shape index (κ1) is 20.3. The van der Waals surface area contributed by atoms with Gasteiger partial charge in [-0.3, -0.25) is 4.79 Å². The number of nitrogens with zero attached hydrogens (tertiary/aromatic N) is 5. The predicted octanol–water partition coefficient (Wildman–Crippen LogP) is 4.08. The van der Waals surface area contributed by atoms with E-state index in [0.717, 1.165) is 35.3 Å². The van der Waals surface area contributed by atoms with Gasteiger partial charge in [-0.2, -0.15) is 5.10 Å². The first-order valence-corrected chi connectivity index (χ1v) is 11.1. The minimum Gasteiger partial charge on any atom is -0.489 e. The molecule has 0 atom stereocenters. The molecule has 1 fully saturated rings. The highest BCUT2D eigenvalue weighted by Gasteiger charge is 2.20. The summed E-state index contributed by atoms with van der Waals surface area (Å²) < 4.78 is 22.1. The van der Waals surface area contributed by atoms with E-state index in [-0.39, 0.29) is 18.3 Å². The zero-order chi connectivity index (χ0) is 23.1. The number of fused-ring (bicyclic) bond motifs is 2. The van der Waals surface area contributed by atoms with Gasteiger partial charge in [0.1, 0.15) is 12.3 Å². The maximum Gasteiger partial charge on any atom is 0.222 e. The Balaban J connectivity index is 1.25. The number of amides is 1. The van der Waals surface area contributed by atoms with Crippen LogP contribution < -0.4 is 4.74 Å². The minimum atomic E-state index is -0.472. The normalized spacial score (nSPS) is 13.9. The van der Waals surface area contributed by atoms with E-state index in [1.165, 1.54) is 6.07 Å². The standard InChI is InChI=1S/C25H21FN6O2/c26-19-13-16(3-5-22(19)34-11-10-31-9-1-2-24(31)33)20-4-6-23-28-15-21(32(23)30-20)18-12-17-7-8-27-25(17)29-14-18/h3-8,12-15H,1-2,9-11H2,(H,27,29). The highest BCUT2D eigenvalue weighted by atomic mass is 19.1. The van der Waals surface area contributed by atoms with Gasteiger partial charge in [-0.1, -0.05) is 0 Å². The van der Waals surface area contributed by atoms with Gasteiger partial charge in [-0.15, -0.1) is 0 Å². The molecule has 0 aliphatic carbocycles. The van der Waals surface area contributed by atoms with E-state index in [4.69, 9.17) is 9.84 Å². The largest absolute Gasteiger partial charge is 0.489 e. The number of hydrogen-bond donors (Lipinski definition) is 1. The number of halogens is 1. The molecular weight excluding hydrogens is 435 g/mol. The highest BCUT2D eigenvalue weighted by molar-refractivity contribution is 5.81. The van der Waals surface area contributed by atoms with Gasteiger partial charge in [0, 0.05) is 41.9 Å². The molecule has 1 N–H and O–H groups in total. The lowest BCUT2D eigenvalue weighted by atomic mass is 10.1. The van der Waals surface area contributed by atoms with E-state index < -0.39 is 5.82 Å². The lowest BCUT2D eigenvalue weighted by Crippen LogP contribution is -2.29. The van der Waals surface area contributed by atoms with Crippen molar-refractivity contribution in [2.75, 3.05) is 19.7 Å². The first-order valence-electron chi connectivity index (χ1n) is 11.1. The Kier molecular flexibility index (Phi) is 4.94. The van der Waals surface area contributed by atoms with Gasteiger partial charge in [-0.25, -0.2) is 18.9 Å². The van der Waals surface area contributed by atoms with E-state index in [1.54, 1.807) is 33.9 Å². The van der Waals surface area contributed by atoms with Crippen molar-refractivity contribution in [1.29, 1.82) is 0 Å². The molecule has 4 aromatic heterocycles. The zero-order valence-electron chi connectivity index (χ0n) is 18.2. The molecule has 6 rings (SSSR count). The van der Waals surface area contributed by atoms with Crippen LogP contribution in [0.2, 0.25) is 0 Å². The van der Waals surface area contributed by atoms with Crippen molar-refractivity contribution in [2.24, 2.45) is 0 Å². The summed E-state index contributed by atoms with van der Waals surface area (Å²) in [5.41, 5.74) is 4.41. The summed E-state index contributed by atoms with van der Waals surface area (Å²) in [5, 5.41) is 5.71. The Morgan fingerprint density at radius 2 is 2.00 bits per heavy atom. The first-order chi connectivity index (χ1) is 16.7. The highest BCUT2D eigenvalue weighted by Crippen LogP contribution is 2.27. The zero-order valence-corrected chi connectivity index (χ0v) is 18.2. The van der Waals surface area contributed by atoms with Gasteiger partial charge >= 0.3 is 0 Å². The number of nitrogens with one attached hydrogen (secondary N) is 1. The summed E-state index contributed by atoms with van der Waals surface area (Å²) in [6.45, 7) is 1.46. The van der Waals surface area contributed by atoms with Crippen molar-refractivity contribution in [2.45, 2.75) is 12.8 Å². The van der Waals surface area contributed by atoms with Crippen LogP contribution in [0.25, 0.3) is 39.2 Å². The Bertz CT molecular complexity index is 1520. The summed E-state index contributed by atoms with van der Waals surface area (Å²) in [6.07, 6.45) is 6.83. The fraction of sp³-hybridized carbons (Fsp3) is 0.200. The molecular formula is C25H21FN6O2. The van der Waals surface area contributed by atoms with E-state index in [2.05, 4.69) is 15.0 Å². The SMILES string of the molecule is O=C1CCCN1CCOc1ccc(-c2ccc3ncc(-c4cnc5[nH]ccc5c4)n3n2)cc1F. The van der Waals surface area contributed by atoms with Gasteiger partial charge in [0.2, 0.25) is 5.91 Å². The second-order valence-electron chi connectivity index (χ2n) is 8.25. The number of rotatable bonds is 6. The van der Waals surface area contributed by atoms with Gasteiger partial charge in [-0.05, 0) is 48.9 Å². The Morgan fingerprint density at radius 1 is 1.06 bits per heavy atom. The summed E-state index contributed by atoms with van der Waals surface area (Å²) >= 11 is 0. The van der Waals surface area contributed by atoms with Crippen molar-refractivity contribution >= 4 is 22.6 Å². The van der Waals surface area contributed by atoms with Gasteiger partial charge in [0.05, 0.1) is 24.1 Å². The van der Waals surface area contributed by atoms with Crippen LogP contribution in [0.3, 0.4) is 0 Å². The maximum atomic E-state index is 14.8. The van der Waals surface area contributed by atoms with Crippen LogP contribution in [-0.4, -0.2) is 55.1 Å². The number of ether oxygens (including phenoxy) is 1. The molecule has 1 saturated heterocycles. The third kappa shape index (κ3) is 3.64. The second-order valence-corrected chi connectivity index (χ2v) is 8.25. The fourth-order valence-electron chi connectivity index (χ4n) is 4.29. The molecule has 34 heavy (non-hydrogen) atoms. The van der Waals surface area contributed by atoms with Crippen LogP contribution in [0.1, 0.15) is 12.8 Å². The number of pyridine rings is 1. The molecule has 9 heteroatoms. The van der Waals surface area contributed by atoms with E-state index >= 15 is 0 Å². The summed E-state index contributed by atoms with van der Waals surface area (Å²) in [6, 6.07) is 12.4. The van der Waals surface area contributed by atoms with Crippen LogP contribution in [0, 0.1) is 5.82 Å². The van der Waals surface area contributed by atoms with Crippen molar-refractivity contribution in [3.8, 4) is 28.3 Å². The Hall–Kier alpha value is -4.27. The predicted molar refractivity (Wildman–Crippen MR) is 125 cm³/mol. The number of carbonyl (C=O) groups is 1. The van der Waals surface area contributed by atoms with Crippen molar-refractivity contribution in [3.63, 3.8) is 0 Å². The fourth-order valence-corrected chi connectivity index (χ4v) is 4.29. The quantitative estimate of drug-likeness (QED) is 0.416. The molecule has 8 nitrogen and oxygen atoms in total. The summed E-state index contributed by atoms with van der Waals surface area (Å²) in [4.78, 5) is 25.4. The number of imidazole rings is 1. The molecule has 0 spiro atoms. The molecule has 0 radical (unpaired) electrons. The Morgan fingerprint density at radius 3 is 2.85 bits per heavy atom. The van der Waals surface area contributed by atoms with E-state index in [1.807, 2.05) is 30.5 Å². The van der Waals surface area contributed by atoms with Crippen LogP contribution in [0.15, 0.2) is 61.1 Å². The Labute approximate surface area is 194 Å². The van der Waals surface area contributed by atoms with Crippen LogP contribution in [-0.2, 0) is 4.79 Å². The lowest BCUT2D eigenvalue weighted by Gasteiger charge is -2.16. The number of carbonyl (C=O) groups excluding carboxylic acids is 1. The van der Waals surface area contributed by atoms with Crippen molar-refractivity contribution in [1.82, 2.24) is 29.5 Å². The van der Waals surface area contributed by atoms with Crippen LogP contribution in [0.5, 0.6) is 5.75 Å². The number of aromatic nitrogens is 5. The average molecular weight is 456 g/mol. The summed E-state index contributed by atoms with van der Waals surface area (Å²) in [5.74, 6) is -0.186. The van der Waals surface area contributed by atoms with Gasteiger partial charge in [0.25, 0.3) is 0 Å². The molecule has 170 valence electrons. The molecule has 1 aliphatic rings. The average Bonchev–Trinajstić information content (AvgIpc) is 3.59. The van der Waals surface area contributed by atoms with Gasteiger partial charge in [0.15, 0.2) is 17.2 Å². The number of aromatic amines is 1. The molecule has 0 unspecified atom stereocenters. The maximum absolute atomic E-state index is 14.8. The summed E-state index contributed by atoms with van der Waals surface area (Å²) in [7, 11) is 0. The molecule has 1 aliphatic heterocycles. The third-order valence-electron chi connectivity index (χ3n) is 6.08. The van der Waals surface area contributed by atoms with Crippen molar-refractivity contribution in [3.05, 3.63) is 66.9 Å². The third-order valence-corrected chi connectivity index (χ3v) is 6.08. The number of hydrogen-bond acceptors (Lipinski definition) is 5. The molecule has 5 aromatic rings. The topological polar surface area (TPSA) is 88.4 Å². The minimum absolute atomic E-state index is 0.128. The smallest absolute Gasteiger partial charge is 0.222 e. The molecule has 5 heterocycles. The lowest BCUT2D eigenvalue weighted by molar-refractivity contribution is -0.128. The molecule has 1 amide bonds. The number of likely N-dealkylation sites (tertiary alicyclic amines) is 1. The van der Waals surface area contributed by atoms with E-state index in [9.17, 15) is 9.18 Å². The number of H-pyrrole nitrogens is 1. The van der Waals surface area contributed by atoms with Gasteiger partial charge < -0.3 is 14.6 Å². The second kappa shape index (κ2) is 8.26. The van der Waals surface area contributed by atoms with E-state index in [0.29, 0.717) is 29.9 Å². The van der Waals surface area contributed by atoms with Crippen LogP contribution in [0.4, 0.5) is 4.39 Å². The molecule has 1 aromatic carbocycles. The van der Waals surface area contributed by atoms with Crippen molar-refractivity contribution < 1.29 is 13.9 Å². The molecule has 0 bridgehead atoms. The monoisotopic (exact) mass is 456 g/mol. The molecule has 0 saturated carbocycles.